The summed E-state index contributed by atoms with van der Waals surface area (Å²) >= 11 is 0. The number of para-hydroxylation sites is 2. The lowest BCUT2D eigenvalue weighted by atomic mass is 10.2. The molecule has 1 aromatic carbocycles. The zero-order chi connectivity index (χ0) is 12.4. The van der Waals surface area contributed by atoms with Gasteiger partial charge in [0.05, 0.1) is 11.0 Å². The number of likely N-dealkylation sites (N-methyl/N-ethyl adjacent to an activating group) is 1. The highest BCUT2D eigenvalue weighted by atomic mass is 16.2. The first kappa shape index (κ1) is 11.4. The van der Waals surface area contributed by atoms with Crippen molar-refractivity contribution in [2.24, 2.45) is 0 Å². The largest absolute Gasteiger partial charge is 0.369 e. The molecule has 0 aliphatic heterocycles. The molecular formula is C12H16N4O. The Morgan fingerprint density at radius 2 is 2.24 bits per heavy atom. The highest BCUT2D eigenvalue weighted by molar-refractivity contribution is 5.85. The second-order valence-electron chi connectivity index (χ2n) is 3.90. The first-order chi connectivity index (χ1) is 8.15. The molecule has 0 aliphatic rings. The van der Waals surface area contributed by atoms with E-state index in [0.717, 1.165) is 11.0 Å². The number of hydrogen-bond acceptors (Lipinski definition) is 3. The number of anilines is 1. The molecule has 0 radical (unpaired) electrons. The van der Waals surface area contributed by atoms with Crippen molar-refractivity contribution in [3.8, 4) is 0 Å². The van der Waals surface area contributed by atoms with Gasteiger partial charge in [-0.1, -0.05) is 12.1 Å². The fourth-order valence-corrected chi connectivity index (χ4v) is 1.91. The molecule has 1 aromatic heterocycles. The van der Waals surface area contributed by atoms with Crippen molar-refractivity contribution in [1.82, 2.24) is 14.9 Å². The molecule has 1 atom stereocenters. The van der Waals surface area contributed by atoms with Crippen LogP contribution in [0.4, 0.5) is 5.95 Å². The molecule has 0 bridgehead atoms. The Morgan fingerprint density at radius 1 is 1.53 bits per heavy atom. The molecule has 2 rings (SSSR count). The average Bonchev–Trinajstić information content (AvgIpc) is 2.64. The molecule has 0 saturated heterocycles. The second-order valence-corrected chi connectivity index (χ2v) is 3.90. The number of carbonyl (C=O) groups excluding carboxylic acids is 1. The Bertz CT molecular complexity index is 546. The van der Waals surface area contributed by atoms with Crippen molar-refractivity contribution in [3.63, 3.8) is 0 Å². The van der Waals surface area contributed by atoms with Gasteiger partial charge >= 0.3 is 0 Å². The summed E-state index contributed by atoms with van der Waals surface area (Å²) in [4.78, 5) is 16.1. The van der Waals surface area contributed by atoms with E-state index in [2.05, 4.69) is 10.3 Å². The number of aromatic nitrogens is 2. The van der Waals surface area contributed by atoms with Crippen LogP contribution in [0.1, 0.15) is 19.9 Å². The van der Waals surface area contributed by atoms with Gasteiger partial charge in [-0.25, -0.2) is 4.98 Å². The van der Waals surface area contributed by atoms with E-state index in [1.807, 2.05) is 38.1 Å². The van der Waals surface area contributed by atoms with Crippen molar-refractivity contribution < 1.29 is 4.79 Å². The third-order valence-corrected chi connectivity index (χ3v) is 2.74. The van der Waals surface area contributed by atoms with Crippen molar-refractivity contribution in [2.75, 3.05) is 12.3 Å². The summed E-state index contributed by atoms with van der Waals surface area (Å²) in [6.45, 7) is 4.31. The van der Waals surface area contributed by atoms with E-state index < -0.39 is 0 Å². The first-order valence-electron chi connectivity index (χ1n) is 5.65. The van der Waals surface area contributed by atoms with Gasteiger partial charge in [0.25, 0.3) is 0 Å². The summed E-state index contributed by atoms with van der Waals surface area (Å²) in [5.74, 6) is 0.312. The van der Waals surface area contributed by atoms with Gasteiger partial charge in [0, 0.05) is 6.54 Å². The van der Waals surface area contributed by atoms with Gasteiger partial charge in [0.15, 0.2) is 0 Å². The number of benzene rings is 1. The number of nitrogens with one attached hydrogen (secondary N) is 1. The maximum atomic E-state index is 11.8. The van der Waals surface area contributed by atoms with E-state index in [4.69, 9.17) is 5.73 Å². The van der Waals surface area contributed by atoms with E-state index in [1.165, 1.54) is 0 Å². The van der Waals surface area contributed by atoms with Gasteiger partial charge in [0.2, 0.25) is 11.9 Å². The molecule has 5 nitrogen and oxygen atoms in total. The standard InChI is InChI=1S/C12H16N4O/c1-3-14-11(17)8(2)16-10-7-5-4-6-9(10)15-12(16)13/h4-8H,3H2,1-2H3,(H2,13,15)(H,14,17). The number of fused-ring (bicyclic) bond motifs is 1. The van der Waals surface area contributed by atoms with Gasteiger partial charge < -0.3 is 11.1 Å². The maximum Gasteiger partial charge on any atom is 0.242 e. The number of nitrogens with zero attached hydrogens (tertiary/aromatic N) is 2. The second kappa shape index (κ2) is 4.45. The quantitative estimate of drug-likeness (QED) is 0.838. The molecule has 2 aromatic rings. The molecule has 1 heterocycles. The lowest BCUT2D eigenvalue weighted by Gasteiger charge is -2.15. The molecular weight excluding hydrogens is 216 g/mol. The smallest absolute Gasteiger partial charge is 0.242 e. The third-order valence-electron chi connectivity index (χ3n) is 2.74. The van der Waals surface area contributed by atoms with Crippen molar-refractivity contribution in [3.05, 3.63) is 24.3 Å². The zero-order valence-electron chi connectivity index (χ0n) is 9.97. The minimum atomic E-state index is -0.359. The lowest BCUT2D eigenvalue weighted by Crippen LogP contribution is -2.31. The van der Waals surface area contributed by atoms with E-state index in [0.29, 0.717) is 12.5 Å². The fraction of sp³-hybridized carbons (Fsp3) is 0.333. The highest BCUT2D eigenvalue weighted by Gasteiger charge is 2.19. The van der Waals surface area contributed by atoms with Gasteiger partial charge in [-0.2, -0.15) is 0 Å². The summed E-state index contributed by atoms with van der Waals surface area (Å²) in [5, 5.41) is 2.78. The number of rotatable bonds is 3. The van der Waals surface area contributed by atoms with Crippen LogP contribution in [-0.2, 0) is 4.79 Å². The summed E-state index contributed by atoms with van der Waals surface area (Å²) in [6, 6.07) is 7.24. The van der Waals surface area contributed by atoms with Crippen LogP contribution in [0.5, 0.6) is 0 Å². The van der Waals surface area contributed by atoms with Crippen molar-refractivity contribution in [1.29, 1.82) is 0 Å². The van der Waals surface area contributed by atoms with E-state index in [-0.39, 0.29) is 11.9 Å². The monoisotopic (exact) mass is 232 g/mol. The van der Waals surface area contributed by atoms with Gasteiger partial charge in [-0.05, 0) is 26.0 Å². The zero-order valence-corrected chi connectivity index (χ0v) is 9.97. The molecule has 90 valence electrons. The van der Waals surface area contributed by atoms with E-state index >= 15 is 0 Å². The highest BCUT2D eigenvalue weighted by Crippen LogP contribution is 2.22. The lowest BCUT2D eigenvalue weighted by molar-refractivity contribution is -0.123. The number of carbonyl (C=O) groups is 1. The number of nitrogens with two attached hydrogens (primary N) is 1. The summed E-state index contributed by atoms with van der Waals surface area (Å²) in [7, 11) is 0. The number of nitrogen functional groups attached to an aromatic ring is 1. The van der Waals surface area contributed by atoms with E-state index in [9.17, 15) is 4.79 Å². The molecule has 17 heavy (non-hydrogen) atoms. The van der Waals surface area contributed by atoms with Crippen molar-refractivity contribution >= 4 is 22.9 Å². The third kappa shape index (κ3) is 1.95. The van der Waals surface area contributed by atoms with Crippen LogP contribution >= 0.6 is 0 Å². The van der Waals surface area contributed by atoms with Gasteiger partial charge in [0.1, 0.15) is 6.04 Å². The van der Waals surface area contributed by atoms with Crippen LogP contribution in [-0.4, -0.2) is 22.0 Å². The Labute approximate surface area is 99.6 Å². The van der Waals surface area contributed by atoms with Crippen LogP contribution < -0.4 is 11.1 Å². The van der Waals surface area contributed by atoms with Crippen LogP contribution in [0.2, 0.25) is 0 Å². The van der Waals surface area contributed by atoms with Gasteiger partial charge in [-0.15, -0.1) is 0 Å². The Balaban J connectivity index is 2.47. The predicted molar refractivity (Wildman–Crippen MR) is 67.5 cm³/mol. The number of hydrogen-bond donors (Lipinski definition) is 2. The van der Waals surface area contributed by atoms with Crippen LogP contribution in [0.3, 0.4) is 0 Å². The molecule has 0 fully saturated rings. The maximum absolute atomic E-state index is 11.8. The molecule has 1 unspecified atom stereocenters. The van der Waals surface area contributed by atoms with Crippen LogP contribution in [0, 0.1) is 0 Å². The number of imidazole rings is 1. The van der Waals surface area contributed by atoms with Crippen molar-refractivity contribution in [2.45, 2.75) is 19.9 Å². The normalized spacial score (nSPS) is 12.6. The SMILES string of the molecule is CCNC(=O)C(C)n1c(N)nc2ccccc21. The fourth-order valence-electron chi connectivity index (χ4n) is 1.91. The topological polar surface area (TPSA) is 72.9 Å². The van der Waals surface area contributed by atoms with Crippen LogP contribution in [0.15, 0.2) is 24.3 Å². The Hall–Kier alpha value is -2.04. The van der Waals surface area contributed by atoms with Gasteiger partial charge in [-0.3, -0.25) is 9.36 Å². The molecule has 0 aliphatic carbocycles. The molecule has 3 N–H and O–H groups in total. The summed E-state index contributed by atoms with van der Waals surface area (Å²) in [5.41, 5.74) is 7.55. The predicted octanol–water partition coefficient (Wildman–Crippen LogP) is 1.32. The molecule has 0 spiro atoms. The molecule has 5 heteroatoms. The molecule has 0 saturated carbocycles. The van der Waals surface area contributed by atoms with E-state index in [1.54, 1.807) is 4.57 Å². The summed E-state index contributed by atoms with van der Waals surface area (Å²) in [6.07, 6.45) is 0. The number of amides is 1. The molecule has 1 amide bonds. The average molecular weight is 232 g/mol. The minimum Gasteiger partial charge on any atom is -0.369 e. The van der Waals surface area contributed by atoms with Crippen LogP contribution in [0.25, 0.3) is 11.0 Å². The Morgan fingerprint density at radius 3 is 2.94 bits per heavy atom. The first-order valence-corrected chi connectivity index (χ1v) is 5.65. The minimum absolute atomic E-state index is 0.0534. The Kier molecular flexibility index (Phi) is 2.99. The summed E-state index contributed by atoms with van der Waals surface area (Å²) < 4.78 is 1.75.